The van der Waals surface area contributed by atoms with Crippen molar-refractivity contribution in [2.45, 2.75) is 32.1 Å². The molecule has 0 saturated carbocycles. The summed E-state index contributed by atoms with van der Waals surface area (Å²) in [4.78, 5) is 23.5. The van der Waals surface area contributed by atoms with Crippen molar-refractivity contribution in [1.29, 1.82) is 5.41 Å². The minimum Gasteiger partial charge on any atom is -0.469 e. The normalized spacial score (nSPS) is 15.1. The number of nitrogens with two attached hydrogens (primary N) is 1. The number of guanidine groups is 1. The van der Waals surface area contributed by atoms with E-state index in [1.807, 2.05) is 18.2 Å². The van der Waals surface area contributed by atoms with E-state index in [2.05, 4.69) is 27.2 Å². The number of fused-ring (bicyclic) bond motifs is 1. The van der Waals surface area contributed by atoms with E-state index in [0.29, 0.717) is 13.0 Å². The highest BCUT2D eigenvalue weighted by atomic mass is 16.5. The number of hydrogen-bond donors (Lipinski definition) is 4. The van der Waals surface area contributed by atoms with E-state index in [0.717, 1.165) is 36.1 Å². The monoisotopic (exact) mass is 356 g/mol. The van der Waals surface area contributed by atoms with Gasteiger partial charge in [-0.05, 0) is 37.0 Å². The van der Waals surface area contributed by atoms with Gasteiger partial charge in [-0.2, -0.15) is 0 Å². The van der Waals surface area contributed by atoms with Gasteiger partial charge in [-0.3, -0.25) is 15.0 Å². The van der Waals surface area contributed by atoms with Gasteiger partial charge in [-0.1, -0.05) is 17.9 Å². The van der Waals surface area contributed by atoms with E-state index in [9.17, 15) is 9.59 Å². The minimum absolute atomic E-state index is 0.0129. The molecule has 1 aromatic rings. The fraction of sp³-hybridized carbons (Fsp3) is 0.421. The first-order valence-electron chi connectivity index (χ1n) is 8.57. The molecule has 0 aliphatic carbocycles. The lowest BCUT2D eigenvalue weighted by Gasteiger charge is -2.24. The maximum absolute atomic E-state index is 12.1. The highest BCUT2D eigenvalue weighted by Crippen LogP contribution is 2.28. The second-order valence-corrected chi connectivity index (χ2v) is 6.14. The highest BCUT2D eigenvalue weighted by molar-refractivity contribution is 5.97. The Balaban J connectivity index is 1.89. The highest BCUT2D eigenvalue weighted by Gasteiger charge is 2.28. The summed E-state index contributed by atoms with van der Waals surface area (Å²) >= 11 is 0. The SMILES string of the molecule is COC(=O)CC1Cc2ccc(C#CCCCCNC(=N)N)cc2NC1=O. The minimum atomic E-state index is -0.393. The predicted octanol–water partition coefficient (Wildman–Crippen LogP) is 1.37. The van der Waals surface area contributed by atoms with Gasteiger partial charge in [-0.25, -0.2) is 0 Å². The van der Waals surface area contributed by atoms with Crippen molar-refractivity contribution in [2.75, 3.05) is 19.0 Å². The molecule has 5 N–H and O–H groups in total. The molecule has 1 atom stereocenters. The van der Waals surface area contributed by atoms with Crippen LogP contribution in [-0.4, -0.2) is 31.5 Å². The van der Waals surface area contributed by atoms with Crippen molar-refractivity contribution in [1.82, 2.24) is 5.32 Å². The third-order valence-corrected chi connectivity index (χ3v) is 4.12. The first-order valence-corrected chi connectivity index (χ1v) is 8.57. The lowest BCUT2D eigenvalue weighted by molar-refractivity contribution is -0.143. The fourth-order valence-electron chi connectivity index (χ4n) is 2.72. The number of rotatable bonds is 6. The van der Waals surface area contributed by atoms with E-state index in [-0.39, 0.29) is 24.3 Å². The fourth-order valence-corrected chi connectivity index (χ4v) is 2.72. The van der Waals surface area contributed by atoms with Crippen LogP contribution in [0.5, 0.6) is 0 Å². The zero-order chi connectivity index (χ0) is 18.9. The molecule has 1 aliphatic heterocycles. The number of carbonyl (C=O) groups excluding carboxylic acids is 2. The van der Waals surface area contributed by atoms with Crippen LogP contribution in [0.25, 0.3) is 0 Å². The van der Waals surface area contributed by atoms with Gasteiger partial charge in [0.1, 0.15) is 0 Å². The van der Waals surface area contributed by atoms with Crippen LogP contribution in [0.1, 0.15) is 36.8 Å². The van der Waals surface area contributed by atoms with Crippen molar-refractivity contribution in [2.24, 2.45) is 11.7 Å². The van der Waals surface area contributed by atoms with Gasteiger partial charge in [0.2, 0.25) is 5.91 Å². The Morgan fingerprint density at radius 2 is 2.27 bits per heavy atom. The van der Waals surface area contributed by atoms with Crippen LogP contribution in [0.3, 0.4) is 0 Å². The second kappa shape index (κ2) is 9.47. The topological polar surface area (TPSA) is 117 Å². The van der Waals surface area contributed by atoms with Gasteiger partial charge in [0.25, 0.3) is 0 Å². The molecule has 1 aliphatic rings. The Kier molecular flexibility index (Phi) is 7.03. The van der Waals surface area contributed by atoms with Crippen molar-refractivity contribution in [3.05, 3.63) is 29.3 Å². The standard InChI is InChI=1S/C19H24N4O3/c1-26-17(24)12-15-11-14-8-7-13(10-16(14)23-18(15)25)6-4-2-3-5-9-22-19(20)21/h7-8,10,15H,2-3,5,9,11-12H2,1H3,(H,23,25)(H4,20,21,22). The third-order valence-electron chi connectivity index (χ3n) is 4.12. The Bertz CT molecular complexity index is 749. The molecule has 7 nitrogen and oxygen atoms in total. The predicted molar refractivity (Wildman–Crippen MR) is 99.5 cm³/mol. The van der Waals surface area contributed by atoms with Crippen LogP contribution < -0.4 is 16.4 Å². The van der Waals surface area contributed by atoms with Crippen molar-refractivity contribution in [3.63, 3.8) is 0 Å². The number of carbonyl (C=O) groups is 2. The van der Waals surface area contributed by atoms with Gasteiger partial charge < -0.3 is 21.1 Å². The zero-order valence-corrected chi connectivity index (χ0v) is 14.9. The van der Waals surface area contributed by atoms with Crippen LogP contribution in [-0.2, 0) is 20.7 Å². The first kappa shape index (κ1) is 19.3. The average molecular weight is 356 g/mol. The molecule has 0 bridgehead atoms. The lowest BCUT2D eigenvalue weighted by Crippen LogP contribution is -2.31. The van der Waals surface area contributed by atoms with Crippen LogP contribution in [0.2, 0.25) is 0 Å². The van der Waals surface area contributed by atoms with Gasteiger partial charge in [-0.15, -0.1) is 0 Å². The van der Waals surface area contributed by atoms with Gasteiger partial charge >= 0.3 is 5.97 Å². The summed E-state index contributed by atoms with van der Waals surface area (Å²) in [6, 6.07) is 5.74. The quantitative estimate of drug-likeness (QED) is 0.202. The molecular formula is C19H24N4O3. The second-order valence-electron chi connectivity index (χ2n) is 6.14. The molecule has 1 amide bonds. The summed E-state index contributed by atoms with van der Waals surface area (Å²) in [5.74, 6) is 5.27. The molecule has 7 heteroatoms. The summed E-state index contributed by atoms with van der Waals surface area (Å²) in [6.07, 6.45) is 3.18. The van der Waals surface area contributed by atoms with E-state index >= 15 is 0 Å². The third kappa shape index (κ3) is 5.81. The molecule has 1 heterocycles. The Labute approximate surface area is 153 Å². The average Bonchev–Trinajstić information content (AvgIpc) is 2.61. The summed E-state index contributed by atoms with van der Waals surface area (Å²) < 4.78 is 4.64. The van der Waals surface area contributed by atoms with Crippen molar-refractivity contribution in [3.8, 4) is 11.8 Å². The molecular weight excluding hydrogens is 332 g/mol. The van der Waals surface area contributed by atoms with Crippen LogP contribution in [0.4, 0.5) is 5.69 Å². The molecule has 2 rings (SSSR count). The summed E-state index contributed by atoms with van der Waals surface area (Å²) in [7, 11) is 1.32. The maximum Gasteiger partial charge on any atom is 0.306 e. The molecule has 1 unspecified atom stereocenters. The van der Waals surface area contributed by atoms with Crippen molar-refractivity contribution < 1.29 is 14.3 Å². The van der Waals surface area contributed by atoms with Crippen molar-refractivity contribution >= 4 is 23.5 Å². The van der Waals surface area contributed by atoms with E-state index < -0.39 is 5.92 Å². The number of hydrogen-bond acceptors (Lipinski definition) is 4. The van der Waals surface area contributed by atoms with Crippen LogP contribution in [0.15, 0.2) is 18.2 Å². The van der Waals surface area contributed by atoms with E-state index in [4.69, 9.17) is 11.1 Å². The molecule has 26 heavy (non-hydrogen) atoms. The largest absolute Gasteiger partial charge is 0.469 e. The molecule has 0 radical (unpaired) electrons. The summed E-state index contributed by atoms with van der Waals surface area (Å²) in [5.41, 5.74) is 7.81. The number of unbranched alkanes of at least 4 members (excludes halogenated alkanes) is 2. The molecule has 138 valence electrons. The first-order chi connectivity index (χ1) is 12.5. The van der Waals surface area contributed by atoms with Gasteiger partial charge in [0.05, 0.1) is 19.4 Å². The van der Waals surface area contributed by atoms with E-state index in [1.165, 1.54) is 7.11 Å². The smallest absolute Gasteiger partial charge is 0.306 e. The van der Waals surface area contributed by atoms with Gasteiger partial charge in [0, 0.05) is 24.2 Å². The Hall–Kier alpha value is -3.01. The summed E-state index contributed by atoms with van der Waals surface area (Å²) in [6.45, 7) is 0.675. The lowest BCUT2D eigenvalue weighted by atomic mass is 9.90. The molecule has 0 saturated heterocycles. The molecule has 1 aromatic carbocycles. The van der Waals surface area contributed by atoms with Crippen LogP contribution >= 0.6 is 0 Å². The number of anilines is 1. The number of nitrogens with one attached hydrogen (secondary N) is 3. The maximum atomic E-state index is 12.1. The zero-order valence-electron chi connectivity index (χ0n) is 14.9. The molecule has 0 spiro atoms. The molecule has 0 aromatic heterocycles. The number of ether oxygens (including phenoxy) is 1. The van der Waals surface area contributed by atoms with E-state index in [1.54, 1.807) is 0 Å². The number of methoxy groups -OCH3 is 1. The van der Waals surface area contributed by atoms with Gasteiger partial charge in [0.15, 0.2) is 5.96 Å². The molecule has 0 fully saturated rings. The Morgan fingerprint density at radius 3 is 3.00 bits per heavy atom. The number of amides is 1. The number of esters is 1. The Morgan fingerprint density at radius 1 is 1.46 bits per heavy atom. The number of benzene rings is 1. The summed E-state index contributed by atoms with van der Waals surface area (Å²) in [5, 5.41) is 12.7. The van der Waals surface area contributed by atoms with Crippen LogP contribution in [0, 0.1) is 23.2 Å².